The van der Waals surface area contributed by atoms with Crippen molar-refractivity contribution in [1.29, 1.82) is 0 Å². The van der Waals surface area contributed by atoms with Crippen molar-refractivity contribution in [2.45, 2.75) is 19.9 Å². The molecule has 1 rings (SSSR count). The van der Waals surface area contributed by atoms with Gasteiger partial charge >= 0.3 is 5.69 Å². The van der Waals surface area contributed by atoms with Crippen LogP contribution in [0.15, 0.2) is 18.2 Å². The summed E-state index contributed by atoms with van der Waals surface area (Å²) in [5, 5.41) is 13.8. The maximum Gasteiger partial charge on any atom is 0.306 e. The van der Waals surface area contributed by atoms with E-state index in [0.29, 0.717) is 0 Å². The number of benzene rings is 1. The maximum atomic E-state index is 12.1. The number of rotatable bonds is 7. The summed E-state index contributed by atoms with van der Waals surface area (Å²) in [6.07, 6.45) is 0. The van der Waals surface area contributed by atoms with E-state index < -0.39 is 10.8 Å². The lowest BCUT2D eigenvalue weighted by molar-refractivity contribution is -0.384. The highest BCUT2D eigenvalue weighted by Gasteiger charge is 2.24. The number of thioether (sulfide) groups is 1. The Morgan fingerprint density at radius 1 is 1.55 bits per heavy atom. The van der Waals surface area contributed by atoms with Crippen LogP contribution in [0.4, 0.5) is 11.4 Å². The topological polar surface area (TPSA) is 110 Å². The number of nitrogen functional groups attached to an aromatic ring is 1. The van der Waals surface area contributed by atoms with Gasteiger partial charge in [0.1, 0.15) is 11.3 Å². The molecule has 0 aliphatic carbocycles. The number of nitro groups is 1. The van der Waals surface area contributed by atoms with Gasteiger partial charge in [-0.2, -0.15) is 11.8 Å². The van der Waals surface area contributed by atoms with Crippen molar-refractivity contribution < 1.29 is 9.72 Å². The molecule has 0 aromatic heterocycles. The number of carbonyl (C=O) groups excluding carboxylic acids is 1. The molecule has 1 unspecified atom stereocenters. The Hall–Kier alpha value is -1.80. The van der Waals surface area contributed by atoms with Gasteiger partial charge in [0.25, 0.3) is 5.91 Å². The monoisotopic (exact) mass is 298 g/mol. The third-order valence-corrected chi connectivity index (χ3v) is 3.71. The van der Waals surface area contributed by atoms with Gasteiger partial charge in [0.2, 0.25) is 0 Å². The summed E-state index contributed by atoms with van der Waals surface area (Å²) in [7, 11) is 0. The molecule has 1 atom stereocenters. The van der Waals surface area contributed by atoms with Gasteiger partial charge in [0, 0.05) is 11.8 Å². The fourth-order valence-corrected chi connectivity index (χ4v) is 2.35. The van der Waals surface area contributed by atoms with Crippen molar-refractivity contribution in [3.8, 4) is 0 Å². The Morgan fingerprint density at radius 3 is 2.80 bits per heavy atom. The minimum absolute atomic E-state index is 0.00111. The minimum atomic E-state index is -0.616. The van der Waals surface area contributed by atoms with Gasteiger partial charge in [0.05, 0.1) is 4.92 Å². The SMILES string of the molecule is CCSCC(C)NC(=O)c1cccc(NN)c1[N+](=O)[O-]. The average molecular weight is 298 g/mol. The molecule has 0 heterocycles. The summed E-state index contributed by atoms with van der Waals surface area (Å²) >= 11 is 1.69. The van der Waals surface area contributed by atoms with Crippen LogP contribution in [0.1, 0.15) is 24.2 Å². The Kier molecular flexibility index (Phi) is 6.26. The predicted molar refractivity (Wildman–Crippen MR) is 80.8 cm³/mol. The van der Waals surface area contributed by atoms with Crippen LogP contribution in [0.25, 0.3) is 0 Å². The standard InChI is InChI=1S/C12H18N4O3S/c1-3-20-7-8(2)14-12(17)9-5-4-6-10(15-13)11(9)16(18)19/h4-6,8,15H,3,7,13H2,1-2H3,(H,14,17). The van der Waals surface area contributed by atoms with Gasteiger partial charge < -0.3 is 10.7 Å². The van der Waals surface area contributed by atoms with Crippen molar-refractivity contribution in [2.75, 3.05) is 16.9 Å². The van der Waals surface area contributed by atoms with Crippen LogP contribution in [0.2, 0.25) is 0 Å². The minimum Gasteiger partial charge on any atom is -0.349 e. The number of carbonyl (C=O) groups is 1. The second-order valence-electron chi connectivity index (χ2n) is 4.14. The lowest BCUT2D eigenvalue weighted by Gasteiger charge is -2.14. The van der Waals surface area contributed by atoms with E-state index in [0.717, 1.165) is 11.5 Å². The zero-order valence-corrected chi connectivity index (χ0v) is 12.2. The lowest BCUT2D eigenvalue weighted by Crippen LogP contribution is -2.34. The molecule has 0 fully saturated rings. The van der Waals surface area contributed by atoms with Gasteiger partial charge in [-0.3, -0.25) is 20.8 Å². The summed E-state index contributed by atoms with van der Waals surface area (Å²) in [4.78, 5) is 22.6. The summed E-state index contributed by atoms with van der Waals surface area (Å²) in [6, 6.07) is 4.34. The Bertz CT molecular complexity index is 496. The zero-order valence-electron chi connectivity index (χ0n) is 11.4. The molecule has 7 nitrogen and oxygen atoms in total. The fourth-order valence-electron chi connectivity index (χ4n) is 1.68. The van der Waals surface area contributed by atoms with Crippen LogP contribution in [0, 0.1) is 10.1 Å². The van der Waals surface area contributed by atoms with Crippen molar-refractivity contribution in [2.24, 2.45) is 5.84 Å². The Morgan fingerprint density at radius 2 is 2.25 bits per heavy atom. The van der Waals surface area contributed by atoms with Gasteiger partial charge in [-0.1, -0.05) is 13.0 Å². The molecule has 0 aliphatic heterocycles. The van der Waals surface area contributed by atoms with Gasteiger partial charge in [-0.05, 0) is 24.8 Å². The quantitative estimate of drug-likeness (QED) is 0.402. The summed E-state index contributed by atoms with van der Waals surface area (Å²) < 4.78 is 0. The van der Waals surface area contributed by atoms with Crippen molar-refractivity contribution in [3.05, 3.63) is 33.9 Å². The predicted octanol–water partition coefficient (Wildman–Crippen LogP) is 1.75. The molecule has 1 aromatic carbocycles. The highest BCUT2D eigenvalue weighted by atomic mass is 32.2. The number of hydrogen-bond acceptors (Lipinski definition) is 6. The van der Waals surface area contributed by atoms with Crippen LogP contribution < -0.4 is 16.6 Å². The third-order valence-electron chi connectivity index (χ3n) is 2.57. The first-order chi connectivity index (χ1) is 9.51. The highest BCUT2D eigenvalue weighted by Crippen LogP contribution is 2.27. The van der Waals surface area contributed by atoms with E-state index in [4.69, 9.17) is 5.84 Å². The van der Waals surface area contributed by atoms with E-state index in [1.807, 2.05) is 13.8 Å². The first kappa shape index (κ1) is 16.3. The van der Waals surface area contributed by atoms with Gasteiger partial charge in [-0.25, -0.2) is 0 Å². The van der Waals surface area contributed by atoms with E-state index in [2.05, 4.69) is 10.7 Å². The van der Waals surface area contributed by atoms with Crippen LogP contribution in [0.5, 0.6) is 0 Å². The van der Waals surface area contributed by atoms with Crippen LogP contribution >= 0.6 is 11.8 Å². The number of hydrogen-bond donors (Lipinski definition) is 3. The Labute approximate surface area is 121 Å². The third kappa shape index (κ3) is 4.10. The molecule has 0 saturated heterocycles. The van der Waals surface area contributed by atoms with Gasteiger partial charge in [-0.15, -0.1) is 0 Å². The van der Waals surface area contributed by atoms with E-state index in [1.54, 1.807) is 17.8 Å². The summed E-state index contributed by atoms with van der Waals surface area (Å²) in [6.45, 7) is 3.89. The molecule has 0 bridgehead atoms. The van der Waals surface area contributed by atoms with Crippen LogP contribution in [0.3, 0.4) is 0 Å². The first-order valence-electron chi connectivity index (χ1n) is 6.13. The molecule has 1 aromatic rings. The maximum absolute atomic E-state index is 12.1. The first-order valence-corrected chi connectivity index (χ1v) is 7.29. The van der Waals surface area contributed by atoms with E-state index in [1.165, 1.54) is 12.1 Å². The zero-order chi connectivity index (χ0) is 15.1. The van der Waals surface area contributed by atoms with E-state index >= 15 is 0 Å². The molecule has 110 valence electrons. The summed E-state index contributed by atoms with van der Waals surface area (Å²) in [5.41, 5.74) is 2.03. The van der Waals surface area contributed by atoms with Crippen molar-refractivity contribution >= 4 is 29.0 Å². The molecular formula is C12H18N4O3S. The number of para-hydroxylation sites is 1. The molecule has 8 heteroatoms. The molecule has 0 aliphatic rings. The van der Waals surface area contributed by atoms with Crippen molar-refractivity contribution in [3.63, 3.8) is 0 Å². The van der Waals surface area contributed by atoms with Gasteiger partial charge in [0.15, 0.2) is 0 Å². The highest BCUT2D eigenvalue weighted by molar-refractivity contribution is 7.99. The number of amides is 1. The number of anilines is 1. The van der Waals surface area contributed by atoms with E-state index in [9.17, 15) is 14.9 Å². The molecule has 0 saturated carbocycles. The number of hydrazine groups is 1. The molecule has 20 heavy (non-hydrogen) atoms. The number of nitrogens with zero attached hydrogens (tertiary/aromatic N) is 1. The molecule has 1 amide bonds. The smallest absolute Gasteiger partial charge is 0.306 e. The second kappa shape index (κ2) is 7.71. The number of nitro benzene ring substituents is 1. The van der Waals surface area contributed by atoms with Crippen LogP contribution in [-0.4, -0.2) is 28.4 Å². The Balaban J connectivity index is 2.95. The summed E-state index contributed by atoms with van der Waals surface area (Å²) in [5.74, 6) is 6.47. The van der Waals surface area contributed by atoms with Crippen LogP contribution in [-0.2, 0) is 0 Å². The lowest BCUT2D eigenvalue weighted by atomic mass is 10.1. The molecule has 0 radical (unpaired) electrons. The number of nitrogens with two attached hydrogens (primary N) is 1. The molecular weight excluding hydrogens is 280 g/mol. The molecule has 0 spiro atoms. The van der Waals surface area contributed by atoms with E-state index in [-0.39, 0.29) is 23.0 Å². The molecule has 4 N–H and O–H groups in total. The fraction of sp³-hybridized carbons (Fsp3) is 0.417. The van der Waals surface area contributed by atoms with Crippen molar-refractivity contribution in [1.82, 2.24) is 5.32 Å². The largest absolute Gasteiger partial charge is 0.349 e. The normalized spacial score (nSPS) is 11.8. The average Bonchev–Trinajstić information content (AvgIpc) is 2.43. The second-order valence-corrected chi connectivity index (χ2v) is 5.46. The number of nitrogens with one attached hydrogen (secondary N) is 2.